The molecule has 0 radical (unpaired) electrons. The van der Waals surface area contributed by atoms with Crippen molar-refractivity contribution in [2.45, 2.75) is 24.7 Å². The monoisotopic (exact) mass is 480 g/mol. The zero-order chi connectivity index (χ0) is 24.1. The van der Waals surface area contributed by atoms with E-state index in [-0.39, 0.29) is 11.7 Å². The molecule has 4 nitrogen and oxygen atoms in total. The van der Waals surface area contributed by atoms with Gasteiger partial charge < -0.3 is 16.9 Å². The number of anilines is 2. The second-order valence-electron chi connectivity index (χ2n) is 7.75. The van der Waals surface area contributed by atoms with E-state index in [2.05, 4.69) is 4.98 Å². The Labute approximate surface area is 202 Å². The van der Waals surface area contributed by atoms with E-state index in [1.54, 1.807) is 30.0 Å². The normalized spacial score (nSPS) is 10.7. The van der Waals surface area contributed by atoms with Crippen LogP contribution in [0.2, 0.25) is 5.02 Å². The van der Waals surface area contributed by atoms with Gasteiger partial charge in [0.15, 0.2) is 0 Å². The molecular weight excluding hydrogens is 455 g/mol. The van der Waals surface area contributed by atoms with Gasteiger partial charge in [-0.1, -0.05) is 37.6 Å². The molecule has 0 bridgehead atoms. The van der Waals surface area contributed by atoms with E-state index in [1.165, 1.54) is 23.2 Å². The van der Waals surface area contributed by atoms with E-state index in [0.717, 1.165) is 32.6 Å². The lowest BCUT2D eigenvalue weighted by atomic mass is 9.91. The first-order chi connectivity index (χ1) is 15.7. The number of nitrogen functional groups attached to an aromatic ring is 2. The predicted octanol–water partition coefficient (Wildman–Crippen LogP) is 7.39. The average Bonchev–Trinajstić information content (AvgIpc) is 2.80. The van der Waals surface area contributed by atoms with Crippen molar-refractivity contribution in [2.75, 3.05) is 17.7 Å². The number of nitrogens with zero attached hydrogens (tertiary/aromatic N) is 1. The summed E-state index contributed by atoms with van der Waals surface area (Å²) in [5.41, 5.74) is 15.8. The number of nitrogens with two attached hydrogens (primary N) is 2. The van der Waals surface area contributed by atoms with E-state index in [1.807, 2.05) is 50.4 Å². The molecule has 0 saturated heterocycles. The minimum Gasteiger partial charge on any atom is -0.398 e. The highest BCUT2D eigenvalue weighted by molar-refractivity contribution is 7.98. The molecule has 0 atom stereocenters. The van der Waals surface area contributed by atoms with Crippen LogP contribution in [-0.4, -0.2) is 17.5 Å². The Morgan fingerprint density at radius 3 is 2.18 bits per heavy atom. The fraction of sp³-hybridized carbons (Fsp3) is 0.154. The van der Waals surface area contributed by atoms with Crippen LogP contribution in [0.5, 0.6) is 0 Å². The van der Waals surface area contributed by atoms with E-state index in [4.69, 9.17) is 28.5 Å². The minimum atomic E-state index is -0.290. The second-order valence-corrected chi connectivity index (χ2v) is 9.06. The van der Waals surface area contributed by atoms with Crippen LogP contribution in [0, 0.1) is 11.2 Å². The molecule has 0 aliphatic heterocycles. The van der Waals surface area contributed by atoms with Crippen molar-refractivity contribution in [1.82, 2.24) is 4.98 Å². The maximum absolute atomic E-state index is 13.3. The molecule has 4 rings (SSSR count). The standard InChI is InChI=1S/C19H19FN4.C7H7ClS/c1-10(2)18-17(11-3-5-13(20)6-4-11)14-7-12(9-21)16(22)8-15(14)19(23)24-18;1-9-7-4-2-6(8)3-5-7/h3-10,21H,22H2,1-2H3,(H2,23,24);2-5H,1H3. The highest BCUT2D eigenvalue weighted by atomic mass is 35.5. The summed E-state index contributed by atoms with van der Waals surface area (Å²) in [6.45, 7) is 4.07. The number of thioether (sulfide) groups is 1. The maximum Gasteiger partial charge on any atom is 0.131 e. The number of halogens is 2. The van der Waals surface area contributed by atoms with Crippen molar-refractivity contribution in [3.8, 4) is 11.1 Å². The van der Waals surface area contributed by atoms with Gasteiger partial charge in [-0.15, -0.1) is 11.8 Å². The Balaban J connectivity index is 0.000000286. The van der Waals surface area contributed by atoms with Crippen LogP contribution in [-0.2, 0) is 0 Å². The molecule has 33 heavy (non-hydrogen) atoms. The van der Waals surface area contributed by atoms with Crippen LogP contribution in [0.15, 0.2) is 65.6 Å². The zero-order valence-corrected chi connectivity index (χ0v) is 20.3. The van der Waals surface area contributed by atoms with Crippen molar-refractivity contribution < 1.29 is 4.39 Å². The lowest BCUT2D eigenvalue weighted by Crippen LogP contribution is -2.04. The molecule has 1 heterocycles. The molecule has 0 aliphatic carbocycles. The summed E-state index contributed by atoms with van der Waals surface area (Å²) in [4.78, 5) is 5.82. The molecule has 0 amide bonds. The lowest BCUT2D eigenvalue weighted by molar-refractivity contribution is 0.628. The van der Waals surface area contributed by atoms with Gasteiger partial charge in [0.2, 0.25) is 0 Å². The summed E-state index contributed by atoms with van der Waals surface area (Å²) in [6, 6.07) is 17.7. The van der Waals surface area contributed by atoms with Crippen LogP contribution in [0.4, 0.5) is 15.9 Å². The summed E-state index contributed by atoms with van der Waals surface area (Å²) in [7, 11) is 0. The molecule has 0 unspecified atom stereocenters. The molecule has 0 spiro atoms. The highest BCUT2D eigenvalue weighted by Crippen LogP contribution is 2.38. The van der Waals surface area contributed by atoms with E-state index in [0.29, 0.717) is 17.1 Å². The quantitative estimate of drug-likeness (QED) is 0.161. The minimum absolute atomic E-state index is 0.137. The molecule has 0 saturated carbocycles. The third-order valence-corrected chi connectivity index (χ3v) is 6.15. The summed E-state index contributed by atoms with van der Waals surface area (Å²) < 4.78 is 13.3. The largest absolute Gasteiger partial charge is 0.398 e. The smallest absolute Gasteiger partial charge is 0.131 e. The summed E-state index contributed by atoms with van der Waals surface area (Å²) >= 11 is 7.38. The molecule has 1 aromatic heterocycles. The summed E-state index contributed by atoms with van der Waals surface area (Å²) in [5, 5.41) is 9.96. The van der Waals surface area contributed by atoms with Crippen molar-refractivity contribution in [3.63, 3.8) is 0 Å². The molecule has 0 aliphatic rings. The van der Waals surface area contributed by atoms with E-state index < -0.39 is 0 Å². The Morgan fingerprint density at radius 1 is 1.00 bits per heavy atom. The number of pyridine rings is 1. The molecule has 5 N–H and O–H groups in total. The molecule has 0 fully saturated rings. The Kier molecular flexibility index (Phi) is 7.95. The first kappa shape index (κ1) is 24.6. The fourth-order valence-electron chi connectivity index (χ4n) is 3.47. The van der Waals surface area contributed by atoms with Crippen LogP contribution in [0.25, 0.3) is 21.9 Å². The number of hydrogen-bond acceptors (Lipinski definition) is 5. The van der Waals surface area contributed by atoms with Crippen molar-refractivity contribution in [1.29, 1.82) is 5.41 Å². The van der Waals surface area contributed by atoms with Gasteiger partial charge in [-0.3, -0.25) is 0 Å². The van der Waals surface area contributed by atoms with E-state index >= 15 is 0 Å². The first-order valence-corrected chi connectivity index (χ1v) is 11.9. The molecule has 4 aromatic rings. The van der Waals surface area contributed by atoms with Gasteiger partial charge in [-0.2, -0.15) is 0 Å². The molecule has 170 valence electrons. The lowest BCUT2D eigenvalue weighted by Gasteiger charge is -2.18. The Morgan fingerprint density at radius 2 is 1.64 bits per heavy atom. The van der Waals surface area contributed by atoms with Crippen LogP contribution >= 0.6 is 23.4 Å². The third kappa shape index (κ3) is 5.64. The number of fused-ring (bicyclic) bond motifs is 1. The van der Waals surface area contributed by atoms with Gasteiger partial charge in [0.25, 0.3) is 0 Å². The van der Waals surface area contributed by atoms with E-state index in [9.17, 15) is 4.39 Å². The van der Waals surface area contributed by atoms with Crippen molar-refractivity contribution in [2.24, 2.45) is 0 Å². The SMILES string of the molecule is CC(C)c1nc(N)c2cc(N)c(C=N)cc2c1-c1ccc(F)cc1.CSc1ccc(Cl)cc1. The van der Waals surface area contributed by atoms with Gasteiger partial charge in [0, 0.05) is 38.3 Å². The predicted molar refractivity (Wildman–Crippen MR) is 141 cm³/mol. The zero-order valence-electron chi connectivity index (χ0n) is 18.7. The number of hydrogen-bond donors (Lipinski definition) is 3. The number of benzene rings is 3. The molecule has 7 heteroatoms. The summed E-state index contributed by atoms with van der Waals surface area (Å²) in [6.07, 6.45) is 3.26. The van der Waals surface area contributed by atoms with Crippen LogP contribution in [0.3, 0.4) is 0 Å². The first-order valence-electron chi connectivity index (χ1n) is 10.3. The van der Waals surface area contributed by atoms with Gasteiger partial charge in [0.05, 0.1) is 5.69 Å². The van der Waals surface area contributed by atoms with Crippen LogP contribution < -0.4 is 11.5 Å². The highest BCUT2D eigenvalue weighted by Gasteiger charge is 2.18. The third-order valence-electron chi connectivity index (χ3n) is 5.15. The van der Waals surface area contributed by atoms with Gasteiger partial charge >= 0.3 is 0 Å². The van der Waals surface area contributed by atoms with Gasteiger partial charge in [0.1, 0.15) is 11.6 Å². The Bertz CT molecular complexity index is 1270. The maximum atomic E-state index is 13.3. The molecule has 3 aromatic carbocycles. The fourth-order valence-corrected chi connectivity index (χ4v) is 4.00. The number of nitrogens with one attached hydrogen (secondary N) is 1. The van der Waals surface area contributed by atoms with Crippen molar-refractivity contribution in [3.05, 3.63) is 82.8 Å². The average molecular weight is 481 g/mol. The summed E-state index contributed by atoms with van der Waals surface area (Å²) in [5.74, 6) is 0.252. The van der Waals surface area contributed by atoms with Gasteiger partial charge in [-0.05, 0) is 71.7 Å². The number of aromatic nitrogens is 1. The second kappa shape index (κ2) is 10.7. The van der Waals surface area contributed by atoms with Gasteiger partial charge in [-0.25, -0.2) is 9.37 Å². The number of rotatable bonds is 4. The molecular formula is C26H26ClFN4S. The Hall–Kier alpha value is -3.09. The topological polar surface area (TPSA) is 88.8 Å². The van der Waals surface area contributed by atoms with Crippen molar-refractivity contribution >= 4 is 51.9 Å². The van der Waals surface area contributed by atoms with Crippen LogP contribution in [0.1, 0.15) is 31.0 Å².